The zero-order chi connectivity index (χ0) is 14.8. The lowest BCUT2D eigenvalue weighted by molar-refractivity contribution is 0.0787. The van der Waals surface area contributed by atoms with Gasteiger partial charge in [-0.3, -0.25) is 4.79 Å². The SMILES string of the molecule is CCC1CC(N(C)c2cccc(C(=O)N3CCCC3)n2)C1. The number of hydrogen-bond acceptors (Lipinski definition) is 3. The molecule has 1 aliphatic heterocycles. The zero-order valence-electron chi connectivity index (χ0n) is 13.1. The van der Waals surface area contributed by atoms with Gasteiger partial charge in [-0.05, 0) is 43.7 Å². The smallest absolute Gasteiger partial charge is 0.272 e. The van der Waals surface area contributed by atoms with Crippen LogP contribution < -0.4 is 4.90 Å². The van der Waals surface area contributed by atoms with Crippen LogP contribution in [0.4, 0.5) is 5.82 Å². The molecule has 2 heterocycles. The molecule has 3 rings (SSSR count). The van der Waals surface area contributed by atoms with E-state index in [-0.39, 0.29) is 5.91 Å². The highest BCUT2D eigenvalue weighted by molar-refractivity contribution is 5.92. The first kappa shape index (κ1) is 14.4. The molecule has 0 unspecified atom stereocenters. The van der Waals surface area contributed by atoms with Crippen LogP contribution in [0.5, 0.6) is 0 Å². The Morgan fingerprint density at radius 2 is 2.05 bits per heavy atom. The molecule has 0 spiro atoms. The van der Waals surface area contributed by atoms with Crippen molar-refractivity contribution in [2.24, 2.45) is 5.92 Å². The van der Waals surface area contributed by atoms with Crippen molar-refractivity contribution in [3.8, 4) is 0 Å². The standard InChI is InChI=1S/C17H25N3O/c1-3-13-11-14(12-13)19(2)16-8-6-7-15(18-16)17(21)20-9-4-5-10-20/h6-8,13-14H,3-5,9-12H2,1-2H3. The Kier molecular flexibility index (Phi) is 4.13. The predicted molar refractivity (Wildman–Crippen MR) is 84.6 cm³/mol. The van der Waals surface area contributed by atoms with Crippen LogP contribution >= 0.6 is 0 Å². The molecule has 1 aromatic heterocycles. The summed E-state index contributed by atoms with van der Waals surface area (Å²) in [7, 11) is 2.10. The van der Waals surface area contributed by atoms with E-state index in [0.29, 0.717) is 11.7 Å². The number of anilines is 1. The van der Waals surface area contributed by atoms with Crippen molar-refractivity contribution in [3.05, 3.63) is 23.9 Å². The average Bonchev–Trinajstić information content (AvgIpc) is 2.99. The fourth-order valence-electron chi connectivity index (χ4n) is 3.36. The topological polar surface area (TPSA) is 36.4 Å². The van der Waals surface area contributed by atoms with E-state index < -0.39 is 0 Å². The first-order valence-corrected chi connectivity index (χ1v) is 8.18. The molecule has 0 aromatic carbocycles. The van der Waals surface area contributed by atoms with Crippen LogP contribution in [0.15, 0.2) is 18.2 Å². The quantitative estimate of drug-likeness (QED) is 0.854. The lowest BCUT2D eigenvalue weighted by Crippen LogP contribution is -2.43. The first-order valence-electron chi connectivity index (χ1n) is 8.18. The molecule has 4 heteroatoms. The number of amides is 1. The second-order valence-electron chi connectivity index (χ2n) is 6.39. The highest BCUT2D eigenvalue weighted by atomic mass is 16.2. The van der Waals surface area contributed by atoms with Gasteiger partial charge < -0.3 is 9.80 Å². The number of likely N-dealkylation sites (tertiary alicyclic amines) is 1. The molecule has 1 aromatic rings. The fraction of sp³-hybridized carbons (Fsp3) is 0.647. The Morgan fingerprint density at radius 1 is 1.33 bits per heavy atom. The monoisotopic (exact) mass is 287 g/mol. The van der Waals surface area contributed by atoms with Crippen LogP contribution in [0.25, 0.3) is 0 Å². The van der Waals surface area contributed by atoms with E-state index in [4.69, 9.17) is 0 Å². The summed E-state index contributed by atoms with van der Waals surface area (Å²) >= 11 is 0. The summed E-state index contributed by atoms with van der Waals surface area (Å²) in [6, 6.07) is 6.39. The van der Waals surface area contributed by atoms with E-state index in [9.17, 15) is 4.79 Å². The molecule has 4 nitrogen and oxygen atoms in total. The summed E-state index contributed by atoms with van der Waals surface area (Å²) in [6.45, 7) is 4.01. The highest BCUT2D eigenvalue weighted by Crippen LogP contribution is 2.35. The molecule has 0 bridgehead atoms. The van der Waals surface area contributed by atoms with Crippen molar-refractivity contribution in [3.63, 3.8) is 0 Å². The van der Waals surface area contributed by atoms with Gasteiger partial charge in [0.1, 0.15) is 11.5 Å². The third-order valence-electron chi connectivity index (χ3n) is 5.04. The molecule has 1 saturated heterocycles. The third kappa shape index (κ3) is 2.89. The summed E-state index contributed by atoms with van der Waals surface area (Å²) in [5.41, 5.74) is 0.590. The van der Waals surface area contributed by atoms with Crippen molar-refractivity contribution in [1.82, 2.24) is 9.88 Å². The number of carbonyl (C=O) groups is 1. The molecule has 0 radical (unpaired) electrons. The minimum absolute atomic E-state index is 0.0859. The van der Waals surface area contributed by atoms with Crippen LogP contribution in [0.1, 0.15) is 49.5 Å². The van der Waals surface area contributed by atoms with E-state index in [1.807, 2.05) is 23.1 Å². The lowest BCUT2D eigenvalue weighted by Gasteiger charge is -2.41. The second kappa shape index (κ2) is 6.04. The van der Waals surface area contributed by atoms with Crippen LogP contribution in [0, 0.1) is 5.92 Å². The fourth-order valence-corrected chi connectivity index (χ4v) is 3.36. The van der Waals surface area contributed by atoms with Crippen LogP contribution in [0.2, 0.25) is 0 Å². The Hall–Kier alpha value is -1.58. The second-order valence-corrected chi connectivity index (χ2v) is 6.39. The number of pyridine rings is 1. The maximum Gasteiger partial charge on any atom is 0.272 e. The zero-order valence-corrected chi connectivity index (χ0v) is 13.1. The van der Waals surface area contributed by atoms with Crippen molar-refractivity contribution in [2.75, 3.05) is 25.0 Å². The molecule has 1 saturated carbocycles. The molecule has 1 amide bonds. The van der Waals surface area contributed by atoms with Gasteiger partial charge in [0.2, 0.25) is 0 Å². The Labute approximate surface area is 127 Å². The number of aromatic nitrogens is 1. The van der Waals surface area contributed by atoms with Crippen LogP contribution in [-0.4, -0.2) is 42.0 Å². The molecule has 114 valence electrons. The van der Waals surface area contributed by atoms with Crippen molar-refractivity contribution >= 4 is 11.7 Å². The molecule has 21 heavy (non-hydrogen) atoms. The number of rotatable bonds is 4. The predicted octanol–water partition coefficient (Wildman–Crippen LogP) is 2.94. The van der Waals surface area contributed by atoms with Crippen molar-refractivity contribution in [1.29, 1.82) is 0 Å². The minimum Gasteiger partial charge on any atom is -0.357 e. The van der Waals surface area contributed by atoms with Gasteiger partial charge in [-0.2, -0.15) is 0 Å². The molecule has 2 fully saturated rings. The van der Waals surface area contributed by atoms with E-state index >= 15 is 0 Å². The summed E-state index contributed by atoms with van der Waals surface area (Å²) in [5, 5.41) is 0. The summed E-state index contributed by atoms with van der Waals surface area (Å²) in [5.74, 6) is 1.88. The van der Waals surface area contributed by atoms with Gasteiger partial charge in [0.05, 0.1) is 0 Å². The van der Waals surface area contributed by atoms with Gasteiger partial charge in [0.15, 0.2) is 0 Å². The van der Waals surface area contributed by atoms with Crippen LogP contribution in [0.3, 0.4) is 0 Å². The van der Waals surface area contributed by atoms with Crippen molar-refractivity contribution in [2.45, 2.75) is 45.1 Å². The summed E-state index contributed by atoms with van der Waals surface area (Å²) < 4.78 is 0. The third-order valence-corrected chi connectivity index (χ3v) is 5.04. The first-order chi connectivity index (χ1) is 10.2. The lowest BCUT2D eigenvalue weighted by atomic mass is 9.78. The maximum atomic E-state index is 12.4. The maximum absolute atomic E-state index is 12.4. The number of carbonyl (C=O) groups excluding carboxylic acids is 1. The molecule has 1 aliphatic carbocycles. The molecule has 0 atom stereocenters. The Morgan fingerprint density at radius 3 is 2.71 bits per heavy atom. The summed E-state index contributed by atoms with van der Waals surface area (Å²) in [6.07, 6.45) is 6.00. The van der Waals surface area contributed by atoms with Crippen LogP contribution in [-0.2, 0) is 0 Å². The summed E-state index contributed by atoms with van der Waals surface area (Å²) in [4.78, 5) is 21.2. The van der Waals surface area contributed by atoms with E-state index in [0.717, 1.165) is 37.7 Å². The van der Waals surface area contributed by atoms with Gasteiger partial charge in [-0.1, -0.05) is 19.4 Å². The molecule has 0 N–H and O–H groups in total. The number of nitrogens with zero attached hydrogens (tertiary/aromatic N) is 3. The Balaban J connectivity index is 1.69. The molecular weight excluding hydrogens is 262 g/mol. The average molecular weight is 287 g/mol. The van der Waals surface area contributed by atoms with Gasteiger partial charge in [-0.15, -0.1) is 0 Å². The van der Waals surface area contributed by atoms with Gasteiger partial charge >= 0.3 is 0 Å². The normalized spacial score (nSPS) is 24.8. The molecule has 2 aliphatic rings. The number of hydrogen-bond donors (Lipinski definition) is 0. The van der Waals surface area contributed by atoms with Gasteiger partial charge in [0.25, 0.3) is 5.91 Å². The highest BCUT2D eigenvalue weighted by Gasteiger charge is 2.31. The van der Waals surface area contributed by atoms with E-state index in [2.05, 4.69) is 23.9 Å². The van der Waals surface area contributed by atoms with Gasteiger partial charge in [-0.25, -0.2) is 4.98 Å². The van der Waals surface area contributed by atoms with Gasteiger partial charge in [0, 0.05) is 26.2 Å². The molecular formula is C17H25N3O. The van der Waals surface area contributed by atoms with Crippen molar-refractivity contribution < 1.29 is 4.79 Å². The largest absolute Gasteiger partial charge is 0.357 e. The Bertz CT molecular complexity index is 505. The van der Waals surface area contributed by atoms with E-state index in [1.54, 1.807) is 0 Å². The van der Waals surface area contributed by atoms with E-state index in [1.165, 1.54) is 19.3 Å². The minimum atomic E-state index is 0.0859.